The fraction of sp³-hybridized carbons (Fsp3) is 0.235. The molecular weight excluding hydrogens is 371 g/mol. The summed E-state index contributed by atoms with van der Waals surface area (Å²) in [6, 6.07) is 12.2. The van der Waals surface area contributed by atoms with Gasteiger partial charge >= 0.3 is 0 Å². The molecule has 2 nitrogen and oxygen atoms in total. The molecule has 0 spiro atoms. The van der Waals surface area contributed by atoms with Crippen LogP contribution in [-0.4, -0.2) is 23.1 Å². The molecule has 0 saturated carbocycles. The first-order valence-electron chi connectivity index (χ1n) is 7.21. The van der Waals surface area contributed by atoms with E-state index >= 15 is 0 Å². The lowest BCUT2D eigenvalue weighted by atomic mass is 10.1. The number of rotatable bonds is 2. The molecule has 2 aromatic rings. The molecule has 0 saturated heterocycles. The van der Waals surface area contributed by atoms with Gasteiger partial charge < -0.3 is 10.2 Å². The second kappa shape index (κ2) is 6.86. The minimum Gasteiger partial charge on any atom is -0.348 e. The molecule has 0 aromatic heterocycles. The Morgan fingerprint density at radius 1 is 1.04 bits per heavy atom. The van der Waals surface area contributed by atoms with Crippen LogP contribution in [0, 0.1) is 0 Å². The van der Waals surface area contributed by atoms with Gasteiger partial charge in [-0.25, -0.2) is 0 Å². The van der Waals surface area contributed by atoms with Gasteiger partial charge in [0.25, 0.3) is 0 Å². The van der Waals surface area contributed by atoms with Gasteiger partial charge in [0.05, 0.1) is 20.8 Å². The van der Waals surface area contributed by atoms with Gasteiger partial charge in [-0.3, -0.25) is 0 Å². The third-order valence-electron chi connectivity index (χ3n) is 4.15. The van der Waals surface area contributed by atoms with Crippen LogP contribution >= 0.6 is 47.0 Å². The van der Waals surface area contributed by atoms with E-state index in [-0.39, 0.29) is 0 Å². The molecule has 1 aliphatic rings. The van der Waals surface area contributed by atoms with Crippen LogP contribution in [0.15, 0.2) is 36.4 Å². The summed E-state index contributed by atoms with van der Waals surface area (Å²) in [5.41, 5.74) is 3.44. The Morgan fingerprint density at radius 2 is 1.61 bits per heavy atom. The number of hydrogen-bond donors (Lipinski definition) is 1. The second-order valence-electron chi connectivity index (χ2n) is 5.62. The Hall–Kier alpha value is -1.00. The minimum atomic E-state index is 0.342. The van der Waals surface area contributed by atoms with Crippen LogP contribution in [0.4, 0.5) is 5.69 Å². The van der Waals surface area contributed by atoms with Gasteiger partial charge in [0.15, 0.2) is 5.11 Å². The molecule has 3 rings (SSSR count). The molecule has 0 bridgehead atoms. The number of thiocarbonyl (C=S) groups is 1. The average molecular weight is 386 g/mol. The number of hydrogen-bond acceptors (Lipinski definition) is 1. The smallest absolute Gasteiger partial charge is 0.173 e. The number of halogens is 3. The van der Waals surface area contributed by atoms with Crippen molar-refractivity contribution in [2.75, 3.05) is 12.4 Å². The molecule has 0 amide bonds. The molecule has 0 fully saturated rings. The van der Waals surface area contributed by atoms with E-state index in [0.29, 0.717) is 31.9 Å². The minimum absolute atomic E-state index is 0.342. The van der Waals surface area contributed by atoms with Crippen LogP contribution in [0.5, 0.6) is 0 Å². The van der Waals surface area contributed by atoms with Crippen molar-refractivity contribution in [3.05, 3.63) is 62.6 Å². The number of anilines is 1. The van der Waals surface area contributed by atoms with E-state index in [1.54, 1.807) is 12.1 Å². The van der Waals surface area contributed by atoms with E-state index in [0.717, 1.165) is 12.8 Å². The van der Waals surface area contributed by atoms with Crippen LogP contribution in [-0.2, 0) is 12.8 Å². The van der Waals surface area contributed by atoms with Crippen molar-refractivity contribution >= 4 is 57.8 Å². The number of fused-ring (bicyclic) bond motifs is 1. The maximum Gasteiger partial charge on any atom is 0.173 e. The van der Waals surface area contributed by atoms with Gasteiger partial charge in [0.2, 0.25) is 0 Å². The predicted octanol–water partition coefficient (Wildman–Crippen LogP) is 5.44. The number of nitrogens with zero attached hydrogens (tertiary/aromatic N) is 1. The highest BCUT2D eigenvalue weighted by atomic mass is 35.5. The fourth-order valence-electron chi connectivity index (χ4n) is 2.80. The monoisotopic (exact) mass is 384 g/mol. The normalized spacial score (nSPS) is 13.7. The molecule has 2 aromatic carbocycles. The number of likely N-dealkylation sites (N-methyl/N-ethyl adjacent to an activating group) is 1. The maximum atomic E-state index is 6.20. The van der Waals surface area contributed by atoms with E-state index < -0.39 is 0 Å². The summed E-state index contributed by atoms with van der Waals surface area (Å²) in [4.78, 5) is 2.08. The van der Waals surface area contributed by atoms with E-state index in [1.165, 1.54) is 11.1 Å². The lowest BCUT2D eigenvalue weighted by Crippen LogP contribution is -2.40. The molecule has 6 heteroatoms. The molecule has 0 aliphatic heterocycles. The number of benzene rings is 2. The van der Waals surface area contributed by atoms with Crippen molar-refractivity contribution in [2.24, 2.45) is 0 Å². The highest BCUT2D eigenvalue weighted by Crippen LogP contribution is 2.33. The zero-order valence-electron chi connectivity index (χ0n) is 12.4. The van der Waals surface area contributed by atoms with Crippen LogP contribution in [0.2, 0.25) is 15.1 Å². The summed E-state index contributed by atoms with van der Waals surface area (Å²) < 4.78 is 0. The van der Waals surface area contributed by atoms with Gasteiger partial charge in [-0.1, -0.05) is 59.1 Å². The highest BCUT2D eigenvalue weighted by Gasteiger charge is 2.26. The Kier molecular flexibility index (Phi) is 5.02. The Labute approximate surface area is 156 Å². The van der Waals surface area contributed by atoms with Gasteiger partial charge in [-0.15, -0.1) is 0 Å². The van der Waals surface area contributed by atoms with Crippen LogP contribution in [0.1, 0.15) is 11.1 Å². The van der Waals surface area contributed by atoms with Gasteiger partial charge in [0, 0.05) is 13.1 Å². The first-order chi connectivity index (χ1) is 11.0. The molecule has 0 unspecified atom stereocenters. The topological polar surface area (TPSA) is 15.3 Å². The summed E-state index contributed by atoms with van der Waals surface area (Å²) in [5, 5.41) is 5.13. The molecule has 0 heterocycles. The molecule has 23 heavy (non-hydrogen) atoms. The van der Waals surface area contributed by atoms with E-state index in [4.69, 9.17) is 47.0 Å². The largest absolute Gasteiger partial charge is 0.348 e. The Balaban J connectivity index is 1.71. The predicted molar refractivity (Wildman–Crippen MR) is 103 cm³/mol. The van der Waals surface area contributed by atoms with Crippen molar-refractivity contribution in [3.63, 3.8) is 0 Å². The lowest BCUT2D eigenvalue weighted by Gasteiger charge is -2.27. The summed E-state index contributed by atoms with van der Waals surface area (Å²) in [6.07, 6.45) is 1.98. The number of nitrogens with one attached hydrogen (secondary N) is 1. The lowest BCUT2D eigenvalue weighted by molar-refractivity contribution is 0.383. The zero-order valence-corrected chi connectivity index (χ0v) is 15.5. The Morgan fingerprint density at radius 3 is 2.22 bits per heavy atom. The van der Waals surface area contributed by atoms with Crippen molar-refractivity contribution in [2.45, 2.75) is 18.9 Å². The zero-order chi connectivity index (χ0) is 16.6. The van der Waals surface area contributed by atoms with Crippen molar-refractivity contribution in [1.82, 2.24) is 4.90 Å². The summed E-state index contributed by atoms with van der Waals surface area (Å²) in [7, 11) is 2.00. The van der Waals surface area contributed by atoms with Crippen LogP contribution < -0.4 is 5.32 Å². The summed E-state index contributed by atoms with van der Waals surface area (Å²) in [6.45, 7) is 0. The second-order valence-corrected chi connectivity index (χ2v) is 7.23. The van der Waals surface area contributed by atoms with Gasteiger partial charge in [0.1, 0.15) is 0 Å². The Bertz CT molecular complexity index is 738. The van der Waals surface area contributed by atoms with Crippen LogP contribution in [0.3, 0.4) is 0 Å². The molecule has 0 atom stereocenters. The summed E-state index contributed by atoms with van der Waals surface area (Å²) >= 11 is 23.7. The quantitative estimate of drug-likeness (QED) is 0.547. The van der Waals surface area contributed by atoms with Crippen LogP contribution in [0.25, 0.3) is 0 Å². The third-order valence-corrected chi connectivity index (χ3v) is 5.57. The van der Waals surface area contributed by atoms with E-state index in [2.05, 4.69) is 34.5 Å². The molecule has 1 N–H and O–H groups in total. The molecular formula is C17H15Cl3N2S. The molecule has 1 aliphatic carbocycles. The maximum absolute atomic E-state index is 6.20. The average Bonchev–Trinajstić information content (AvgIpc) is 2.95. The SMILES string of the molecule is CN(C(=S)Nc1cc(Cl)c(Cl)cc1Cl)C1Cc2ccccc2C1. The van der Waals surface area contributed by atoms with Crippen molar-refractivity contribution < 1.29 is 0 Å². The van der Waals surface area contributed by atoms with Crippen molar-refractivity contribution in [1.29, 1.82) is 0 Å². The summed E-state index contributed by atoms with van der Waals surface area (Å²) in [5.74, 6) is 0. The van der Waals surface area contributed by atoms with Crippen molar-refractivity contribution in [3.8, 4) is 0 Å². The third kappa shape index (κ3) is 3.58. The fourth-order valence-corrected chi connectivity index (χ4v) is 3.65. The first kappa shape index (κ1) is 16.8. The molecule has 120 valence electrons. The molecule has 0 radical (unpaired) electrons. The first-order valence-corrected chi connectivity index (χ1v) is 8.75. The van der Waals surface area contributed by atoms with E-state index in [1.807, 2.05) is 7.05 Å². The standard InChI is InChI=1S/C17H15Cl3N2S/c1-22(12-6-10-4-2-3-5-11(10)7-12)17(23)21-16-9-14(19)13(18)8-15(16)20/h2-5,8-9,12H,6-7H2,1H3,(H,21,23). The van der Waals surface area contributed by atoms with E-state index in [9.17, 15) is 0 Å². The van der Waals surface area contributed by atoms with Gasteiger partial charge in [-0.05, 0) is 48.3 Å². The van der Waals surface area contributed by atoms with Gasteiger partial charge in [-0.2, -0.15) is 0 Å². The highest BCUT2D eigenvalue weighted by molar-refractivity contribution is 7.80.